The first-order valence-corrected chi connectivity index (χ1v) is 9.77. The van der Waals surface area contributed by atoms with Crippen LogP contribution in [0.1, 0.15) is 53.0 Å². The van der Waals surface area contributed by atoms with E-state index < -0.39 is 29.1 Å². The molecule has 0 fully saturated rings. The number of hydrogen-bond acceptors (Lipinski definition) is 3. The second kappa shape index (κ2) is 9.09. The highest BCUT2D eigenvalue weighted by atomic mass is 79.9. The third kappa shape index (κ3) is 6.16. The molecule has 1 aromatic carbocycles. The van der Waals surface area contributed by atoms with Crippen LogP contribution in [0, 0.1) is 5.92 Å². The molecule has 0 saturated carbocycles. The Balaban J connectivity index is 3.14. The molecule has 7 heteroatoms. The van der Waals surface area contributed by atoms with Gasteiger partial charge in [-0.3, -0.25) is 0 Å². The van der Waals surface area contributed by atoms with Gasteiger partial charge in [0.25, 0.3) is 0 Å². The molecule has 5 nitrogen and oxygen atoms in total. The van der Waals surface area contributed by atoms with Crippen LogP contribution in [-0.2, 0) is 16.0 Å². The number of carboxylic acids is 1. The topological polar surface area (TPSA) is 75.6 Å². The minimum absolute atomic E-state index is 0.289. The van der Waals surface area contributed by atoms with E-state index in [1.807, 2.05) is 19.1 Å². The van der Waals surface area contributed by atoms with E-state index in [2.05, 4.69) is 21.2 Å². The maximum atomic E-state index is 12.3. The number of nitrogens with one attached hydrogen (secondary N) is 1. The van der Waals surface area contributed by atoms with Gasteiger partial charge in [0, 0.05) is 9.50 Å². The van der Waals surface area contributed by atoms with E-state index in [1.165, 1.54) is 0 Å². The fraction of sp³-hybridized carbons (Fsp3) is 0.579. The molecule has 1 amide bonds. The van der Waals surface area contributed by atoms with Crippen molar-refractivity contribution in [3.05, 3.63) is 33.3 Å². The first-order valence-electron chi connectivity index (χ1n) is 8.59. The highest BCUT2D eigenvalue weighted by molar-refractivity contribution is 9.10. The molecule has 1 unspecified atom stereocenters. The maximum Gasteiger partial charge on any atom is 0.408 e. The molecular weight excluding hydrogens is 422 g/mol. The van der Waals surface area contributed by atoms with Crippen LogP contribution >= 0.6 is 27.5 Å². The van der Waals surface area contributed by atoms with Gasteiger partial charge in [-0.25, -0.2) is 9.59 Å². The lowest BCUT2D eigenvalue weighted by Gasteiger charge is -2.36. The molecule has 26 heavy (non-hydrogen) atoms. The number of alkyl carbamates (subject to hydrolysis) is 1. The predicted octanol–water partition coefficient (Wildman–Crippen LogP) is 5.43. The second-order valence-electron chi connectivity index (χ2n) is 7.49. The van der Waals surface area contributed by atoms with Gasteiger partial charge in [0.1, 0.15) is 11.1 Å². The average Bonchev–Trinajstić information content (AvgIpc) is 2.47. The highest BCUT2D eigenvalue weighted by Crippen LogP contribution is 2.31. The van der Waals surface area contributed by atoms with Gasteiger partial charge in [0.15, 0.2) is 0 Å². The zero-order valence-electron chi connectivity index (χ0n) is 15.9. The Morgan fingerprint density at radius 1 is 1.35 bits per heavy atom. The third-order valence-electron chi connectivity index (χ3n) is 4.13. The smallest absolute Gasteiger partial charge is 0.408 e. The van der Waals surface area contributed by atoms with Crippen molar-refractivity contribution in [3.63, 3.8) is 0 Å². The molecule has 0 aliphatic carbocycles. The van der Waals surface area contributed by atoms with E-state index in [0.717, 1.165) is 10.0 Å². The van der Waals surface area contributed by atoms with Crippen LogP contribution in [0.5, 0.6) is 0 Å². The van der Waals surface area contributed by atoms with Crippen LogP contribution in [0.4, 0.5) is 4.79 Å². The number of rotatable bonds is 7. The number of carbonyl (C=O) groups is 2. The number of ether oxygens (including phenoxy) is 1. The molecule has 2 atom stereocenters. The highest BCUT2D eigenvalue weighted by Gasteiger charge is 2.45. The lowest BCUT2D eigenvalue weighted by molar-refractivity contribution is -0.147. The zero-order chi connectivity index (χ0) is 20.1. The normalized spacial score (nSPS) is 15.0. The summed E-state index contributed by atoms with van der Waals surface area (Å²) < 4.78 is 6.13. The van der Waals surface area contributed by atoms with E-state index in [9.17, 15) is 14.7 Å². The number of amides is 1. The molecule has 0 spiro atoms. The quantitative estimate of drug-likeness (QED) is 0.583. The summed E-state index contributed by atoms with van der Waals surface area (Å²) >= 11 is 9.64. The van der Waals surface area contributed by atoms with E-state index in [4.69, 9.17) is 16.3 Å². The van der Waals surface area contributed by atoms with Gasteiger partial charge in [-0.15, -0.1) is 0 Å². The fourth-order valence-corrected chi connectivity index (χ4v) is 3.63. The summed E-state index contributed by atoms with van der Waals surface area (Å²) in [6.07, 6.45) is 0.563. The lowest BCUT2D eigenvalue weighted by Crippen LogP contribution is -2.60. The van der Waals surface area contributed by atoms with Crippen LogP contribution in [-0.4, -0.2) is 28.3 Å². The third-order valence-corrected chi connectivity index (χ3v) is 4.98. The van der Waals surface area contributed by atoms with Crippen LogP contribution < -0.4 is 5.32 Å². The summed E-state index contributed by atoms with van der Waals surface area (Å²) in [5.41, 5.74) is -1.32. The minimum Gasteiger partial charge on any atom is -0.479 e. The molecule has 2 N–H and O–H groups in total. The molecule has 0 radical (unpaired) electrons. The Hall–Kier alpha value is -1.27. The first kappa shape index (κ1) is 22.8. The Kier molecular flexibility index (Phi) is 7.96. The molecular formula is C19H27BrClNO4. The predicted molar refractivity (Wildman–Crippen MR) is 107 cm³/mol. The standard InChI is InChI=1S/C19H27BrClNO4/c1-6-9-19(16(23)24,22-17(25)26-18(3,4)5)12(2)10-13-7-8-14(20)11-15(13)21/h7-8,11-12H,6,9-10H2,1-5H3,(H,22,25)(H,23,24)/t12?,19-/m1/s1. The maximum absolute atomic E-state index is 12.3. The van der Waals surface area contributed by atoms with Gasteiger partial charge in [-0.1, -0.05) is 53.9 Å². The van der Waals surface area contributed by atoms with Gasteiger partial charge < -0.3 is 15.2 Å². The van der Waals surface area contributed by atoms with E-state index in [0.29, 0.717) is 17.9 Å². The molecule has 146 valence electrons. The van der Waals surface area contributed by atoms with Gasteiger partial charge >= 0.3 is 12.1 Å². The molecule has 0 aliphatic rings. The molecule has 0 aromatic heterocycles. The molecule has 0 saturated heterocycles. The monoisotopic (exact) mass is 447 g/mol. The Morgan fingerprint density at radius 2 is 1.96 bits per heavy atom. The van der Waals surface area contributed by atoms with Crippen LogP contribution in [0.3, 0.4) is 0 Å². The summed E-state index contributed by atoms with van der Waals surface area (Å²) in [4.78, 5) is 24.5. The van der Waals surface area contributed by atoms with Crippen molar-refractivity contribution < 1.29 is 19.4 Å². The van der Waals surface area contributed by atoms with Gasteiger partial charge in [0.05, 0.1) is 0 Å². The largest absolute Gasteiger partial charge is 0.479 e. The number of benzene rings is 1. The molecule has 0 bridgehead atoms. The van der Waals surface area contributed by atoms with Crippen molar-refractivity contribution in [2.24, 2.45) is 5.92 Å². The second-order valence-corrected chi connectivity index (χ2v) is 8.82. The van der Waals surface area contributed by atoms with Crippen LogP contribution in [0.15, 0.2) is 22.7 Å². The number of carboxylic acid groups (broad SMARTS) is 1. The summed E-state index contributed by atoms with van der Waals surface area (Å²) in [5.74, 6) is -1.47. The number of carbonyl (C=O) groups excluding carboxylic acids is 1. The molecule has 0 aliphatic heterocycles. The average molecular weight is 449 g/mol. The van der Waals surface area contributed by atoms with Crippen molar-refractivity contribution in [2.75, 3.05) is 0 Å². The van der Waals surface area contributed by atoms with Crippen LogP contribution in [0.25, 0.3) is 0 Å². The van der Waals surface area contributed by atoms with Crippen molar-refractivity contribution in [3.8, 4) is 0 Å². The Morgan fingerprint density at radius 3 is 2.42 bits per heavy atom. The van der Waals surface area contributed by atoms with E-state index in [1.54, 1.807) is 33.8 Å². The minimum atomic E-state index is -1.44. The molecule has 0 heterocycles. The lowest BCUT2D eigenvalue weighted by atomic mass is 9.78. The SMILES string of the molecule is CCC[C@](NC(=O)OC(C)(C)C)(C(=O)O)C(C)Cc1ccc(Br)cc1Cl. The summed E-state index contributed by atoms with van der Waals surface area (Å²) in [6, 6.07) is 5.49. The molecule has 1 rings (SSSR count). The summed E-state index contributed by atoms with van der Waals surface area (Å²) in [5, 5.41) is 13.1. The summed E-state index contributed by atoms with van der Waals surface area (Å²) in [7, 11) is 0. The van der Waals surface area contributed by atoms with Gasteiger partial charge in [-0.05, 0) is 57.2 Å². The number of hydrogen-bond donors (Lipinski definition) is 2. The van der Waals surface area contributed by atoms with Crippen molar-refractivity contribution in [2.45, 2.75) is 65.0 Å². The van der Waals surface area contributed by atoms with E-state index >= 15 is 0 Å². The Labute approximate surface area is 168 Å². The van der Waals surface area contributed by atoms with E-state index in [-0.39, 0.29) is 6.42 Å². The fourth-order valence-electron chi connectivity index (χ4n) is 2.87. The zero-order valence-corrected chi connectivity index (χ0v) is 18.2. The Bertz CT molecular complexity index is 659. The van der Waals surface area contributed by atoms with Crippen molar-refractivity contribution in [1.82, 2.24) is 5.32 Å². The van der Waals surface area contributed by atoms with Crippen molar-refractivity contribution in [1.29, 1.82) is 0 Å². The van der Waals surface area contributed by atoms with Crippen molar-refractivity contribution >= 4 is 39.6 Å². The number of aliphatic carboxylic acids is 1. The summed E-state index contributed by atoms with van der Waals surface area (Å²) in [6.45, 7) is 8.90. The number of halogens is 2. The van der Waals surface area contributed by atoms with Crippen LogP contribution in [0.2, 0.25) is 5.02 Å². The van der Waals surface area contributed by atoms with Gasteiger partial charge in [0.2, 0.25) is 0 Å². The first-order chi connectivity index (χ1) is 11.9. The van der Waals surface area contributed by atoms with Gasteiger partial charge in [-0.2, -0.15) is 0 Å². The molecule has 1 aromatic rings.